The van der Waals surface area contributed by atoms with Crippen molar-refractivity contribution in [3.8, 4) is 0 Å². The molecule has 0 amide bonds. The van der Waals surface area contributed by atoms with Gasteiger partial charge in [0.15, 0.2) is 0 Å². The van der Waals surface area contributed by atoms with Gasteiger partial charge in [-0.2, -0.15) is 0 Å². The third-order valence-electron chi connectivity index (χ3n) is 2.23. The molecular formula is C12H15ClF2. The van der Waals surface area contributed by atoms with Gasteiger partial charge in [-0.3, -0.25) is 0 Å². The average molecular weight is 233 g/mol. The van der Waals surface area contributed by atoms with Crippen LogP contribution in [0.3, 0.4) is 0 Å². The molecule has 0 aromatic heterocycles. The summed E-state index contributed by atoms with van der Waals surface area (Å²) in [5, 5.41) is 0.0957. The van der Waals surface area contributed by atoms with Crippen LogP contribution in [0.5, 0.6) is 0 Å². The Balaban J connectivity index is 2.63. The molecule has 3 heteroatoms. The molecule has 0 nitrogen and oxygen atoms in total. The summed E-state index contributed by atoms with van der Waals surface area (Å²) < 4.78 is 25.7. The first-order valence-electron chi connectivity index (χ1n) is 5.06. The second-order valence-corrected chi connectivity index (χ2v) is 4.85. The van der Waals surface area contributed by atoms with Crippen LogP contribution >= 0.6 is 11.6 Å². The van der Waals surface area contributed by atoms with E-state index in [0.29, 0.717) is 17.9 Å². The van der Waals surface area contributed by atoms with Gasteiger partial charge in [0, 0.05) is 11.4 Å². The van der Waals surface area contributed by atoms with Gasteiger partial charge in [-0.05, 0) is 43.4 Å². The monoisotopic (exact) mass is 232 g/mol. The smallest absolute Gasteiger partial charge is 0.126 e. The highest BCUT2D eigenvalue weighted by atomic mass is 35.5. The molecule has 0 saturated heterocycles. The highest BCUT2D eigenvalue weighted by Crippen LogP contribution is 2.17. The molecule has 0 radical (unpaired) electrons. The Hall–Kier alpha value is -0.630. The number of halogens is 3. The van der Waals surface area contributed by atoms with Crippen LogP contribution in [0.1, 0.15) is 25.8 Å². The van der Waals surface area contributed by atoms with E-state index in [2.05, 4.69) is 0 Å². The molecular weight excluding hydrogens is 218 g/mol. The Morgan fingerprint density at radius 3 is 2.13 bits per heavy atom. The van der Waals surface area contributed by atoms with Crippen LogP contribution in [-0.2, 0) is 6.42 Å². The Morgan fingerprint density at radius 2 is 1.67 bits per heavy atom. The molecule has 0 saturated carbocycles. The number of hydrogen-bond donors (Lipinski definition) is 0. The van der Waals surface area contributed by atoms with E-state index >= 15 is 0 Å². The second kappa shape index (κ2) is 5.45. The maximum atomic E-state index is 12.9. The van der Waals surface area contributed by atoms with E-state index in [1.165, 1.54) is 12.1 Å². The molecule has 0 N–H and O–H groups in total. The summed E-state index contributed by atoms with van der Waals surface area (Å²) in [7, 11) is 0. The van der Waals surface area contributed by atoms with Crippen LogP contribution in [0.15, 0.2) is 18.2 Å². The zero-order valence-corrected chi connectivity index (χ0v) is 9.69. The predicted molar refractivity (Wildman–Crippen MR) is 59.2 cm³/mol. The van der Waals surface area contributed by atoms with Gasteiger partial charge in [-0.1, -0.05) is 6.92 Å². The van der Waals surface area contributed by atoms with Crippen LogP contribution in [0, 0.1) is 17.6 Å². The van der Waals surface area contributed by atoms with E-state index in [1.54, 1.807) is 0 Å². The highest BCUT2D eigenvalue weighted by Gasteiger charge is 2.09. The number of rotatable bonds is 4. The maximum Gasteiger partial charge on any atom is 0.126 e. The summed E-state index contributed by atoms with van der Waals surface area (Å²) in [4.78, 5) is 0. The summed E-state index contributed by atoms with van der Waals surface area (Å²) >= 11 is 5.85. The van der Waals surface area contributed by atoms with Crippen molar-refractivity contribution in [3.63, 3.8) is 0 Å². The second-order valence-electron chi connectivity index (χ2n) is 4.10. The largest absolute Gasteiger partial charge is 0.207 e. The van der Waals surface area contributed by atoms with E-state index < -0.39 is 11.6 Å². The van der Waals surface area contributed by atoms with Gasteiger partial charge in [0.25, 0.3) is 0 Å². The van der Waals surface area contributed by atoms with E-state index in [4.69, 9.17) is 11.6 Å². The molecule has 0 aliphatic heterocycles. The molecule has 1 aromatic carbocycles. The molecule has 1 aromatic rings. The first-order chi connectivity index (χ1) is 6.97. The average Bonchev–Trinajstić information content (AvgIpc) is 1.98. The third kappa shape index (κ3) is 4.61. The minimum Gasteiger partial charge on any atom is -0.207 e. The first-order valence-corrected chi connectivity index (χ1v) is 5.50. The van der Waals surface area contributed by atoms with Crippen LogP contribution in [0.4, 0.5) is 8.78 Å². The molecule has 0 heterocycles. The summed E-state index contributed by atoms with van der Waals surface area (Å²) in [6, 6.07) is 3.63. The van der Waals surface area contributed by atoms with Gasteiger partial charge in [0.2, 0.25) is 0 Å². The lowest BCUT2D eigenvalue weighted by molar-refractivity contribution is 0.519. The quantitative estimate of drug-likeness (QED) is 0.684. The van der Waals surface area contributed by atoms with Gasteiger partial charge in [-0.15, -0.1) is 11.6 Å². The highest BCUT2D eigenvalue weighted by molar-refractivity contribution is 6.20. The SMILES string of the molecule is CC(Cl)CC(C)Cc1cc(F)cc(F)c1. The standard InChI is InChI=1S/C12H15ClF2/c1-8(3-9(2)13)4-10-5-11(14)7-12(15)6-10/h5-9H,3-4H2,1-2H3. The van der Waals surface area contributed by atoms with Crippen molar-refractivity contribution >= 4 is 11.6 Å². The van der Waals surface area contributed by atoms with E-state index in [1.807, 2.05) is 13.8 Å². The van der Waals surface area contributed by atoms with Gasteiger partial charge in [0.1, 0.15) is 11.6 Å². The molecule has 0 spiro atoms. The number of hydrogen-bond acceptors (Lipinski definition) is 0. The molecule has 0 bridgehead atoms. The zero-order valence-electron chi connectivity index (χ0n) is 8.93. The molecule has 1 rings (SSSR count). The van der Waals surface area contributed by atoms with Crippen LogP contribution < -0.4 is 0 Å². The van der Waals surface area contributed by atoms with Crippen molar-refractivity contribution in [1.82, 2.24) is 0 Å². The zero-order chi connectivity index (χ0) is 11.4. The minimum absolute atomic E-state index is 0.0957. The molecule has 84 valence electrons. The van der Waals surface area contributed by atoms with Crippen LogP contribution in [-0.4, -0.2) is 5.38 Å². The first kappa shape index (κ1) is 12.4. The molecule has 0 aliphatic carbocycles. The van der Waals surface area contributed by atoms with Crippen LogP contribution in [0.25, 0.3) is 0 Å². The fraction of sp³-hybridized carbons (Fsp3) is 0.500. The van der Waals surface area contributed by atoms with Gasteiger partial charge in [0.05, 0.1) is 0 Å². The van der Waals surface area contributed by atoms with Gasteiger partial charge >= 0.3 is 0 Å². The van der Waals surface area contributed by atoms with Gasteiger partial charge < -0.3 is 0 Å². The Labute approximate surface area is 94.3 Å². The number of benzene rings is 1. The number of alkyl halides is 1. The summed E-state index contributed by atoms with van der Waals surface area (Å²) in [5.74, 6) is -0.703. The lowest BCUT2D eigenvalue weighted by Gasteiger charge is -2.12. The molecule has 0 fully saturated rings. The lowest BCUT2D eigenvalue weighted by atomic mass is 9.97. The fourth-order valence-corrected chi connectivity index (χ4v) is 2.07. The summed E-state index contributed by atoms with van der Waals surface area (Å²) in [6.07, 6.45) is 1.51. The van der Waals surface area contributed by atoms with Crippen molar-refractivity contribution in [2.75, 3.05) is 0 Å². The van der Waals surface area contributed by atoms with Crippen molar-refractivity contribution < 1.29 is 8.78 Å². The van der Waals surface area contributed by atoms with Crippen LogP contribution in [0.2, 0.25) is 0 Å². The van der Waals surface area contributed by atoms with Crippen molar-refractivity contribution in [3.05, 3.63) is 35.4 Å². The Morgan fingerprint density at radius 1 is 1.13 bits per heavy atom. The minimum atomic E-state index is -0.517. The summed E-state index contributed by atoms with van der Waals surface area (Å²) in [6.45, 7) is 3.95. The maximum absolute atomic E-state index is 12.9. The lowest BCUT2D eigenvalue weighted by Crippen LogP contribution is -2.06. The summed E-state index contributed by atoms with van der Waals surface area (Å²) in [5.41, 5.74) is 0.692. The van der Waals surface area contributed by atoms with Crippen molar-refractivity contribution in [2.45, 2.75) is 32.1 Å². The third-order valence-corrected chi connectivity index (χ3v) is 2.41. The molecule has 15 heavy (non-hydrogen) atoms. The molecule has 2 unspecified atom stereocenters. The molecule has 2 atom stereocenters. The molecule has 0 aliphatic rings. The fourth-order valence-electron chi connectivity index (χ4n) is 1.77. The van der Waals surface area contributed by atoms with E-state index in [9.17, 15) is 8.78 Å². The van der Waals surface area contributed by atoms with Crippen molar-refractivity contribution in [1.29, 1.82) is 0 Å². The Kier molecular flexibility index (Phi) is 4.52. The Bertz CT molecular complexity index is 303. The normalized spacial score (nSPS) is 15.0. The topological polar surface area (TPSA) is 0 Å². The van der Waals surface area contributed by atoms with E-state index in [-0.39, 0.29) is 5.38 Å². The van der Waals surface area contributed by atoms with Gasteiger partial charge in [-0.25, -0.2) is 8.78 Å². The van der Waals surface area contributed by atoms with E-state index in [0.717, 1.165) is 12.5 Å². The van der Waals surface area contributed by atoms with Crippen molar-refractivity contribution in [2.24, 2.45) is 5.92 Å². The predicted octanol–water partition coefficient (Wildman–Crippen LogP) is 4.16.